The number of pyridine rings is 1. The Morgan fingerprint density at radius 3 is 2.53 bits per heavy atom. The molecule has 0 aromatic carbocycles. The number of thiocarbonyl (C=S) groups is 1. The summed E-state index contributed by atoms with van der Waals surface area (Å²) in [5.74, 6) is 0. The molecule has 4 nitrogen and oxygen atoms in total. The molecular formula is C12H13N3OS. The van der Waals surface area contributed by atoms with E-state index in [1.807, 2.05) is 29.0 Å². The summed E-state index contributed by atoms with van der Waals surface area (Å²) in [5, 5.41) is 0. The number of aromatic nitrogens is 2. The van der Waals surface area contributed by atoms with Crippen molar-refractivity contribution >= 4 is 17.2 Å². The van der Waals surface area contributed by atoms with E-state index in [4.69, 9.17) is 18.0 Å². The number of nitrogens with zero attached hydrogens (tertiary/aromatic N) is 2. The maximum absolute atomic E-state index is 11.5. The van der Waals surface area contributed by atoms with Crippen molar-refractivity contribution in [2.45, 2.75) is 13.1 Å². The Labute approximate surface area is 104 Å². The van der Waals surface area contributed by atoms with E-state index in [2.05, 4.69) is 0 Å². The van der Waals surface area contributed by atoms with Crippen molar-refractivity contribution in [3.63, 3.8) is 0 Å². The van der Waals surface area contributed by atoms with Gasteiger partial charge in [-0.3, -0.25) is 4.79 Å². The molecule has 0 aliphatic heterocycles. The van der Waals surface area contributed by atoms with Gasteiger partial charge in [0, 0.05) is 31.5 Å². The van der Waals surface area contributed by atoms with E-state index in [9.17, 15) is 4.79 Å². The molecule has 0 aliphatic carbocycles. The van der Waals surface area contributed by atoms with Crippen molar-refractivity contribution in [3.8, 4) is 0 Å². The van der Waals surface area contributed by atoms with Gasteiger partial charge in [0.2, 0.25) is 0 Å². The standard InChI is InChI=1S/C12H13N3OS/c13-12(17)10-4-3-7-14(10)8-9-15-6-2-1-5-11(15)16/h1-7H,8-9H2,(H2,13,17). The van der Waals surface area contributed by atoms with E-state index in [1.54, 1.807) is 22.9 Å². The van der Waals surface area contributed by atoms with Crippen molar-refractivity contribution in [1.29, 1.82) is 0 Å². The second-order valence-corrected chi connectivity index (χ2v) is 4.12. The van der Waals surface area contributed by atoms with Gasteiger partial charge >= 0.3 is 0 Å². The number of hydrogen-bond acceptors (Lipinski definition) is 2. The van der Waals surface area contributed by atoms with Gasteiger partial charge in [0.15, 0.2) is 0 Å². The summed E-state index contributed by atoms with van der Waals surface area (Å²) in [6.45, 7) is 1.27. The first-order chi connectivity index (χ1) is 8.18. The van der Waals surface area contributed by atoms with Gasteiger partial charge in [-0.25, -0.2) is 0 Å². The summed E-state index contributed by atoms with van der Waals surface area (Å²) in [5.41, 5.74) is 6.42. The smallest absolute Gasteiger partial charge is 0.250 e. The topological polar surface area (TPSA) is 52.9 Å². The molecule has 2 N–H and O–H groups in total. The Kier molecular flexibility index (Phi) is 3.39. The van der Waals surface area contributed by atoms with Crippen LogP contribution in [-0.2, 0) is 13.1 Å². The summed E-state index contributed by atoms with van der Waals surface area (Å²) in [6, 6.07) is 8.88. The zero-order chi connectivity index (χ0) is 12.3. The minimum absolute atomic E-state index is 0.00321. The van der Waals surface area contributed by atoms with E-state index in [-0.39, 0.29) is 5.56 Å². The van der Waals surface area contributed by atoms with E-state index in [0.29, 0.717) is 18.1 Å². The van der Waals surface area contributed by atoms with Crippen molar-refractivity contribution in [2.75, 3.05) is 0 Å². The molecular weight excluding hydrogens is 234 g/mol. The maximum Gasteiger partial charge on any atom is 0.250 e. The largest absolute Gasteiger partial charge is 0.388 e. The van der Waals surface area contributed by atoms with Crippen LogP contribution >= 0.6 is 12.2 Å². The zero-order valence-electron chi connectivity index (χ0n) is 9.24. The van der Waals surface area contributed by atoms with Crippen LogP contribution in [-0.4, -0.2) is 14.1 Å². The third kappa shape index (κ3) is 2.62. The van der Waals surface area contributed by atoms with Crippen LogP contribution in [0.4, 0.5) is 0 Å². The van der Waals surface area contributed by atoms with Gasteiger partial charge in [-0.05, 0) is 18.2 Å². The Bertz CT molecular complexity index is 585. The van der Waals surface area contributed by atoms with Gasteiger partial charge in [-0.1, -0.05) is 18.3 Å². The molecule has 2 aromatic rings. The van der Waals surface area contributed by atoms with E-state index >= 15 is 0 Å². The van der Waals surface area contributed by atoms with Crippen LogP contribution in [0.1, 0.15) is 5.69 Å². The average Bonchev–Trinajstić information content (AvgIpc) is 2.76. The van der Waals surface area contributed by atoms with Gasteiger partial charge in [0.1, 0.15) is 4.99 Å². The van der Waals surface area contributed by atoms with Crippen molar-refractivity contribution in [2.24, 2.45) is 5.73 Å². The Hall–Kier alpha value is -1.88. The lowest BCUT2D eigenvalue weighted by molar-refractivity contribution is 0.565. The van der Waals surface area contributed by atoms with Crippen LogP contribution < -0.4 is 11.3 Å². The second-order valence-electron chi connectivity index (χ2n) is 3.68. The molecule has 0 saturated heterocycles. The van der Waals surface area contributed by atoms with Crippen LogP contribution in [0.5, 0.6) is 0 Å². The van der Waals surface area contributed by atoms with Gasteiger partial charge in [-0.2, -0.15) is 0 Å². The Balaban J connectivity index is 2.13. The van der Waals surface area contributed by atoms with E-state index in [1.165, 1.54) is 0 Å². The molecule has 0 spiro atoms. The molecule has 0 radical (unpaired) electrons. The van der Waals surface area contributed by atoms with Crippen LogP contribution in [0, 0.1) is 0 Å². The molecule has 0 saturated carbocycles. The van der Waals surface area contributed by atoms with Crippen LogP contribution in [0.25, 0.3) is 0 Å². The molecule has 0 amide bonds. The lowest BCUT2D eigenvalue weighted by atomic mass is 10.4. The fraction of sp³-hybridized carbons (Fsp3) is 0.167. The SMILES string of the molecule is NC(=S)c1cccn1CCn1ccccc1=O. The molecule has 0 bridgehead atoms. The summed E-state index contributed by atoms with van der Waals surface area (Å²) < 4.78 is 3.60. The van der Waals surface area contributed by atoms with Crippen LogP contribution in [0.2, 0.25) is 0 Å². The number of nitrogens with two attached hydrogens (primary N) is 1. The molecule has 2 heterocycles. The highest BCUT2D eigenvalue weighted by Crippen LogP contribution is 2.02. The van der Waals surface area contributed by atoms with Gasteiger partial charge in [-0.15, -0.1) is 0 Å². The molecule has 0 atom stereocenters. The number of aryl methyl sites for hydroxylation is 2. The molecule has 88 valence electrons. The van der Waals surface area contributed by atoms with E-state index in [0.717, 1.165) is 5.69 Å². The molecule has 0 fully saturated rings. The lowest BCUT2D eigenvalue weighted by Gasteiger charge is -2.09. The lowest BCUT2D eigenvalue weighted by Crippen LogP contribution is -2.22. The van der Waals surface area contributed by atoms with Crippen molar-refractivity contribution < 1.29 is 0 Å². The number of rotatable bonds is 4. The predicted molar refractivity (Wildman–Crippen MR) is 71.0 cm³/mol. The van der Waals surface area contributed by atoms with Crippen LogP contribution in [0.3, 0.4) is 0 Å². The molecule has 5 heteroatoms. The van der Waals surface area contributed by atoms with Crippen molar-refractivity contribution in [3.05, 3.63) is 58.8 Å². The highest BCUT2D eigenvalue weighted by molar-refractivity contribution is 7.80. The Morgan fingerprint density at radius 1 is 1.12 bits per heavy atom. The number of hydrogen-bond donors (Lipinski definition) is 1. The average molecular weight is 247 g/mol. The normalized spacial score (nSPS) is 10.4. The molecule has 17 heavy (non-hydrogen) atoms. The first-order valence-corrected chi connectivity index (χ1v) is 5.70. The quantitative estimate of drug-likeness (QED) is 0.820. The minimum Gasteiger partial charge on any atom is -0.388 e. The summed E-state index contributed by atoms with van der Waals surface area (Å²) >= 11 is 4.95. The third-order valence-corrected chi connectivity index (χ3v) is 2.77. The monoisotopic (exact) mass is 247 g/mol. The first kappa shape index (κ1) is 11.6. The predicted octanol–water partition coefficient (Wildman–Crippen LogP) is 0.984. The first-order valence-electron chi connectivity index (χ1n) is 5.29. The minimum atomic E-state index is -0.00321. The zero-order valence-corrected chi connectivity index (χ0v) is 10.1. The summed E-state index contributed by atoms with van der Waals surface area (Å²) in [6.07, 6.45) is 3.68. The second kappa shape index (κ2) is 4.97. The fourth-order valence-electron chi connectivity index (χ4n) is 1.69. The van der Waals surface area contributed by atoms with Gasteiger partial charge in [0.25, 0.3) is 5.56 Å². The molecule has 2 rings (SSSR count). The van der Waals surface area contributed by atoms with Crippen LogP contribution in [0.15, 0.2) is 47.5 Å². The van der Waals surface area contributed by atoms with E-state index < -0.39 is 0 Å². The van der Waals surface area contributed by atoms with Gasteiger partial charge in [0.05, 0.1) is 5.69 Å². The fourth-order valence-corrected chi connectivity index (χ4v) is 1.88. The summed E-state index contributed by atoms with van der Waals surface area (Å²) in [7, 11) is 0. The molecule has 2 aromatic heterocycles. The molecule has 0 unspecified atom stereocenters. The highest BCUT2D eigenvalue weighted by Gasteiger charge is 2.03. The maximum atomic E-state index is 11.5. The third-order valence-electron chi connectivity index (χ3n) is 2.56. The molecule has 0 aliphatic rings. The summed E-state index contributed by atoms with van der Waals surface area (Å²) in [4.78, 5) is 11.9. The van der Waals surface area contributed by atoms with Crippen molar-refractivity contribution in [1.82, 2.24) is 9.13 Å². The Morgan fingerprint density at radius 2 is 1.82 bits per heavy atom. The van der Waals surface area contributed by atoms with Gasteiger partial charge < -0.3 is 14.9 Å². The highest BCUT2D eigenvalue weighted by atomic mass is 32.1.